The first-order valence-corrected chi connectivity index (χ1v) is 7.62. The molecule has 1 aliphatic heterocycles. The normalized spacial score (nSPS) is 16.6. The van der Waals surface area contributed by atoms with Crippen LogP contribution in [0.4, 0.5) is 4.39 Å². The molecule has 0 aromatic heterocycles. The standard InChI is InChI=1S/C16H25FN2O/c1-2-11-19(15-7-9-18-10-8-15)12-13-20-16-5-3-14(17)4-6-16/h3-6,15,18H,2,7-13H2,1H3. The molecule has 3 nitrogen and oxygen atoms in total. The number of benzene rings is 1. The third-order valence-corrected chi connectivity index (χ3v) is 3.80. The van der Waals surface area contributed by atoms with E-state index < -0.39 is 0 Å². The number of piperidine rings is 1. The highest BCUT2D eigenvalue weighted by Crippen LogP contribution is 2.14. The van der Waals surface area contributed by atoms with Crippen LogP contribution in [0.15, 0.2) is 24.3 Å². The average Bonchev–Trinajstić information content (AvgIpc) is 2.49. The van der Waals surface area contributed by atoms with E-state index in [2.05, 4.69) is 17.1 Å². The van der Waals surface area contributed by atoms with Crippen LogP contribution in [0.25, 0.3) is 0 Å². The van der Waals surface area contributed by atoms with E-state index in [1.54, 1.807) is 12.1 Å². The second kappa shape index (κ2) is 8.22. The molecule has 0 saturated carbocycles. The first-order valence-electron chi connectivity index (χ1n) is 7.62. The van der Waals surface area contributed by atoms with Crippen molar-refractivity contribution in [2.45, 2.75) is 32.2 Å². The molecular formula is C16H25FN2O. The van der Waals surface area contributed by atoms with E-state index in [1.165, 1.54) is 31.4 Å². The summed E-state index contributed by atoms with van der Waals surface area (Å²) in [6, 6.07) is 6.92. The van der Waals surface area contributed by atoms with Gasteiger partial charge in [-0.05, 0) is 63.2 Å². The van der Waals surface area contributed by atoms with E-state index in [0.29, 0.717) is 12.6 Å². The van der Waals surface area contributed by atoms with Gasteiger partial charge in [-0.3, -0.25) is 4.90 Å². The van der Waals surface area contributed by atoms with Crippen molar-refractivity contribution >= 4 is 0 Å². The van der Waals surface area contributed by atoms with E-state index in [-0.39, 0.29) is 5.82 Å². The molecule has 0 spiro atoms. The zero-order valence-corrected chi connectivity index (χ0v) is 12.3. The van der Waals surface area contributed by atoms with Crippen LogP contribution in [0.1, 0.15) is 26.2 Å². The van der Waals surface area contributed by atoms with Crippen molar-refractivity contribution in [3.63, 3.8) is 0 Å². The van der Waals surface area contributed by atoms with Gasteiger partial charge in [-0.25, -0.2) is 4.39 Å². The van der Waals surface area contributed by atoms with E-state index in [0.717, 1.165) is 31.9 Å². The van der Waals surface area contributed by atoms with Crippen LogP contribution < -0.4 is 10.1 Å². The highest BCUT2D eigenvalue weighted by molar-refractivity contribution is 5.21. The highest BCUT2D eigenvalue weighted by atomic mass is 19.1. The molecule has 0 aliphatic carbocycles. The molecule has 0 atom stereocenters. The summed E-state index contributed by atoms with van der Waals surface area (Å²) in [4.78, 5) is 2.53. The first kappa shape index (κ1) is 15.3. The average molecular weight is 280 g/mol. The minimum absolute atomic E-state index is 0.223. The zero-order valence-electron chi connectivity index (χ0n) is 12.3. The number of hydrogen-bond acceptors (Lipinski definition) is 3. The molecule has 1 fully saturated rings. The molecule has 1 N–H and O–H groups in total. The Hall–Kier alpha value is -1.13. The lowest BCUT2D eigenvalue weighted by molar-refractivity contribution is 0.135. The van der Waals surface area contributed by atoms with Crippen LogP contribution in [-0.4, -0.2) is 43.7 Å². The van der Waals surface area contributed by atoms with Gasteiger partial charge in [-0.1, -0.05) is 6.92 Å². The lowest BCUT2D eigenvalue weighted by Crippen LogP contribution is -2.45. The van der Waals surface area contributed by atoms with E-state index in [1.807, 2.05) is 0 Å². The largest absolute Gasteiger partial charge is 0.492 e. The fraction of sp³-hybridized carbons (Fsp3) is 0.625. The molecule has 0 amide bonds. The topological polar surface area (TPSA) is 24.5 Å². The van der Waals surface area contributed by atoms with Gasteiger partial charge in [0, 0.05) is 12.6 Å². The summed E-state index contributed by atoms with van der Waals surface area (Å²) in [5.74, 6) is 0.521. The lowest BCUT2D eigenvalue weighted by atomic mass is 10.0. The molecule has 0 unspecified atom stereocenters. The number of nitrogens with zero attached hydrogens (tertiary/aromatic N) is 1. The lowest BCUT2D eigenvalue weighted by Gasteiger charge is -2.34. The van der Waals surface area contributed by atoms with Crippen LogP contribution in [0.3, 0.4) is 0 Å². The van der Waals surface area contributed by atoms with Gasteiger partial charge in [0.1, 0.15) is 18.2 Å². The van der Waals surface area contributed by atoms with Gasteiger partial charge in [0.25, 0.3) is 0 Å². The summed E-state index contributed by atoms with van der Waals surface area (Å²) in [6.45, 7) is 7.17. The van der Waals surface area contributed by atoms with E-state index in [9.17, 15) is 4.39 Å². The maximum Gasteiger partial charge on any atom is 0.123 e. The van der Waals surface area contributed by atoms with Gasteiger partial charge in [0.2, 0.25) is 0 Å². The third-order valence-electron chi connectivity index (χ3n) is 3.80. The van der Waals surface area contributed by atoms with Crippen LogP contribution in [0, 0.1) is 5.82 Å². The Kier molecular flexibility index (Phi) is 6.27. The molecule has 1 aromatic carbocycles. The number of nitrogens with one attached hydrogen (secondary N) is 1. The first-order chi connectivity index (χ1) is 9.79. The number of halogens is 1. The Bertz CT molecular complexity index is 377. The monoisotopic (exact) mass is 280 g/mol. The summed E-state index contributed by atoms with van der Waals surface area (Å²) in [5.41, 5.74) is 0. The fourth-order valence-electron chi connectivity index (χ4n) is 2.75. The van der Waals surface area contributed by atoms with E-state index in [4.69, 9.17) is 4.74 Å². The third kappa shape index (κ3) is 4.76. The Labute approximate surface area is 121 Å². The molecule has 4 heteroatoms. The predicted molar refractivity (Wildman–Crippen MR) is 79.7 cm³/mol. The second-order valence-electron chi connectivity index (χ2n) is 5.32. The molecule has 1 heterocycles. The van der Waals surface area contributed by atoms with E-state index >= 15 is 0 Å². The molecule has 1 aliphatic rings. The smallest absolute Gasteiger partial charge is 0.123 e. The summed E-state index contributed by atoms with van der Waals surface area (Å²) < 4.78 is 18.5. The van der Waals surface area contributed by atoms with Gasteiger partial charge < -0.3 is 10.1 Å². The molecule has 1 saturated heterocycles. The van der Waals surface area contributed by atoms with Gasteiger partial charge in [-0.15, -0.1) is 0 Å². The summed E-state index contributed by atoms with van der Waals surface area (Å²) in [5, 5.41) is 3.41. The zero-order chi connectivity index (χ0) is 14.2. The SMILES string of the molecule is CCCN(CCOc1ccc(F)cc1)C1CCNCC1. The summed E-state index contributed by atoms with van der Waals surface area (Å²) >= 11 is 0. The van der Waals surface area contributed by atoms with Gasteiger partial charge >= 0.3 is 0 Å². The van der Waals surface area contributed by atoms with Crippen molar-refractivity contribution in [3.05, 3.63) is 30.1 Å². The van der Waals surface area contributed by atoms with Crippen molar-refractivity contribution in [1.82, 2.24) is 10.2 Å². The van der Waals surface area contributed by atoms with Crippen LogP contribution in [-0.2, 0) is 0 Å². The maximum atomic E-state index is 12.8. The van der Waals surface area contributed by atoms with Crippen molar-refractivity contribution in [2.75, 3.05) is 32.8 Å². The highest BCUT2D eigenvalue weighted by Gasteiger charge is 2.19. The van der Waals surface area contributed by atoms with Gasteiger partial charge in [0.15, 0.2) is 0 Å². The Morgan fingerprint density at radius 3 is 2.55 bits per heavy atom. The van der Waals surface area contributed by atoms with Crippen molar-refractivity contribution < 1.29 is 9.13 Å². The predicted octanol–water partition coefficient (Wildman–Crippen LogP) is 2.67. The van der Waals surface area contributed by atoms with Crippen molar-refractivity contribution in [2.24, 2.45) is 0 Å². The Morgan fingerprint density at radius 2 is 1.90 bits per heavy atom. The van der Waals surface area contributed by atoms with Crippen LogP contribution in [0.5, 0.6) is 5.75 Å². The molecule has 2 rings (SSSR count). The Balaban J connectivity index is 1.77. The summed E-state index contributed by atoms with van der Waals surface area (Å²) in [7, 11) is 0. The molecular weight excluding hydrogens is 255 g/mol. The molecule has 112 valence electrons. The Morgan fingerprint density at radius 1 is 1.20 bits per heavy atom. The fourth-order valence-corrected chi connectivity index (χ4v) is 2.75. The van der Waals surface area contributed by atoms with Crippen molar-refractivity contribution in [1.29, 1.82) is 0 Å². The molecule has 1 aromatic rings. The minimum atomic E-state index is -0.223. The van der Waals surface area contributed by atoms with Crippen molar-refractivity contribution in [3.8, 4) is 5.75 Å². The molecule has 20 heavy (non-hydrogen) atoms. The number of rotatable bonds is 7. The second-order valence-corrected chi connectivity index (χ2v) is 5.32. The summed E-state index contributed by atoms with van der Waals surface area (Å²) in [6.07, 6.45) is 3.60. The minimum Gasteiger partial charge on any atom is -0.492 e. The number of ether oxygens (including phenoxy) is 1. The molecule has 0 bridgehead atoms. The van der Waals surface area contributed by atoms with Gasteiger partial charge in [-0.2, -0.15) is 0 Å². The van der Waals surface area contributed by atoms with Crippen LogP contribution in [0.2, 0.25) is 0 Å². The quantitative estimate of drug-likeness (QED) is 0.831. The maximum absolute atomic E-state index is 12.8. The number of hydrogen-bond donors (Lipinski definition) is 1. The van der Waals surface area contributed by atoms with Gasteiger partial charge in [0.05, 0.1) is 0 Å². The molecule has 0 radical (unpaired) electrons. The van der Waals surface area contributed by atoms with Crippen LogP contribution >= 0.6 is 0 Å².